The molecule has 4 rings (SSSR count). The Balaban J connectivity index is 1.42. The van der Waals surface area contributed by atoms with Gasteiger partial charge in [-0.2, -0.15) is 5.10 Å². The summed E-state index contributed by atoms with van der Waals surface area (Å²) in [5.41, 5.74) is 4.64. The molecule has 0 bridgehead atoms. The molecule has 4 aromatic rings. The molecule has 0 saturated heterocycles. The highest BCUT2D eigenvalue weighted by atomic mass is 79.9. The van der Waals surface area contributed by atoms with Gasteiger partial charge in [-0.3, -0.25) is 4.79 Å². The summed E-state index contributed by atoms with van der Waals surface area (Å²) in [5.74, 6) is 0.209. The Labute approximate surface area is 203 Å². The minimum atomic E-state index is -0.295. The molecule has 1 N–H and O–H groups in total. The van der Waals surface area contributed by atoms with Crippen LogP contribution >= 0.6 is 39.1 Å². The smallest absolute Gasteiger partial charge is 0.271 e. The summed E-state index contributed by atoms with van der Waals surface area (Å²) in [6.45, 7) is 0.285. The molecule has 160 valence electrons. The molecule has 4 nitrogen and oxygen atoms in total. The largest absolute Gasteiger partial charge is 0.486 e. The van der Waals surface area contributed by atoms with E-state index in [1.54, 1.807) is 18.2 Å². The molecule has 0 heterocycles. The molecule has 7 heteroatoms. The number of nitrogens with one attached hydrogen (secondary N) is 1. The number of halogens is 3. The van der Waals surface area contributed by atoms with Crippen molar-refractivity contribution in [3.63, 3.8) is 0 Å². The van der Waals surface area contributed by atoms with E-state index in [9.17, 15) is 4.79 Å². The van der Waals surface area contributed by atoms with Crippen LogP contribution in [-0.2, 0) is 6.61 Å². The van der Waals surface area contributed by atoms with Crippen LogP contribution in [0.4, 0.5) is 0 Å². The maximum atomic E-state index is 12.4. The highest BCUT2D eigenvalue weighted by molar-refractivity contribution is 9.10. The molecular weight excluding hydrogens is 511 g/mol. The van der Waals surface area contributed by atoms with Gasteiger partial charge in [-0.1, -0.05) is 71.7 Å². The fourth-order valence-electron chi connectivity index (χ4n) is 3.12. The van der Waals surface area contributed by atoms with Crippen molar-refractivity contribution in [3.05, 3.63) is 110 Å². The number of ether oxygens (including phenoxy) is 1. The monoisotopic (exact) mass is 526 g/mol. The first-order valence-corrected chi connectivity index (χ1v) is 11.2. The lowest BCUT2D eigenvalue weighted by atomic mass is 10.1. The molecule has 0 unspecified atom stereocenters. The van der Waals surface area contributed by atoms with Crippen molar-refractivity contribution in [1.29, 1.82) is 0 Å². The fourth-order valence-corrected chi connectivity index (χ4v) is 4.30. The topological polar surface area (TPSA) is 50.7 Å². The first kappa shape index (κ1) is 22.3. The van der Waals surface area contributed by atoms with Crippen molar-refractivity contribution < 1.29 is 9.53 Å². The van der Waals surface area contributed by atoms with Gasteiger partial charge in [0.15, 0.2) is 5.75 Å². The van der Waals surface area contributed by atoms with Crippen molar-refractivity contribution in [1.82, 2.24) is 5.43 Å². The van der Waals surface area contributed by atoms with Crippen LogP contribution in [0.5, 0.6) is 5.75 Å². The van der Waals surface area contributed by atoms with Gasteiger partial charge in [0.05, 0.1) is 15.7 Å². The number of hydrazone groups is 1. The van der Waals surface area contributed by atoms with Crippen molar-refractivity contribution in [2.45, 2.75) is 6.61 Å². The Morgan fingerprint density at radius 2 is 1.69 bits per heavy atom. The average Bonchev–Trinajstić information content (AvgIpc) is 2.79. The summed E-state index contributed by atoms with van der Waals surface area (Å²) >= 11 is 16.1. The van der Waals surface area contributed by atoms with E-state index in [4.69, 9.17) is 27.9 Å². The zero-order valence-electron chi connectivity index (χ0n) is 16.7. The Hall–Kier alpha value is -2.86. The van der Waals surface area contributed by atoms with Gasteiger partial charge in [0.2, 0.25) is 0 Å². The van der Waals surface area contributed by atoms with Crippen LogP contribution in [0.2, 0.25) is 10.0 Å². The summed E-state index contributed by atoms with van der Waals surface area (Å²) in [6, 6.07) is 24.3. The van der Waals surface area contributed by atoms with E-state index in [2.05, 4.69) is 26.5 Å². The zero-order valence-corrected chi connectivity index (χ0v) is 19.8. The maximum absolute atomic E-state index is 12.4. The van der Waals surface area contributed by atoms with E-state index >= 15 is 0 Å². The van der Waals surface area contributed by atoms with Crippen LogP contribution in [0.15, 0.2) is 88.4 Å². The van der Waals surface area contributed by atoms with Crippen LogP contribution in [0, 0.1) is 0 Å². The predicted molar refractivity (Wildman–Crippen MR) is 134 cm³/mol. The molecule has 0 radical (unpaired) electrons. The zero-order chi connectivity index (χ0) is 22.5. The van der Waals surface area contributed by atoms with E-state index in [1.165, 1.54) is 6.21 Å². The SMILES string of the molecule is O=C(N/N=C\c1cc(Cl)c(OCc2ccccc2Cl)c(Br)c1)c1ccc2ccccc2c1. The number of carbonyl (C=O) groups is 1. The second-order valence-corrected chi connectivity index (χ2v) is 8.62. The van der Waals surface area contributed by atoms with Gasteiger partial charge in [0, 0.05) is 16.1 Å². The molecule has 1 amide bonds. The summed E-state index contributed by atoms with van der Waals surface area (Å²) in [4.78, 5) is 12.4. The number of amides is 1. The highest BCUT2D eigenvalue weighted by Crippen LogP contribution is 2.35. The van der Waals surface area contributed by atoms with E-state index in [1.807, 2.05) is 60.7 Å². The van der Waals surface area contributed by atoms with E-state index < -0.39 is 0 Å². The third-order valence-corrected chi connectivity index (χ3v) is 5.98. The maximum Gasteiger partial charge on any atom is 0.271 e. The van der Waals surface area contributed by atoms with Crippen molar-refractivity contribution in [3.8, 4) is 5.75 Å². The summed E-state index contributed by atoms with van der Waals surface area (Å²) in [5, 5.41) is 7.16. The van der Waals surface area contributed by atoms with Crippen molar-refractivity contribution in [2.75, 3.05) is 0 Å². The number of benzene rings is 4. The van der Waals surface area contributed by atoms with Gasteiger partial charge in [-0.15, -0.1) is 0 Å². The molecule has 0 atom stereocenters. The highest BCUT2D eigenvalue weighted by Gasteiger charge is 2.11. The Kier molecular flexibility index (Phi) is 7.10. The first-order valence-electron chi connectivity index (χ1n) is 9.69. The van der Waals surface area contributed by atoms with Gasteiger partial charge in [-0.05, 0) is 62.6 Å². The lowest BCUT2D eigenvalue weighted by Gasteiger charge is -2.12. The van der Waals surface area contributed by atoms with Crippen LogP contribution in [0.25, 0.3) is 10.8 Å². The number of nitrogens with zero attached hydrogens (tertiary/aromatic N) is 1. The molecule has 0 saturated carbocycles. The molecular formula is C25H17BrCl2N2O2. The standard InChI is InChI=1S/C25H17BrCl2N2O2/c26-21-11-16(12-23(28)24(21)32-15-20-7-3-4-8-22(20)27)14-29-30-25(31)19-10-9-17-5-1-2-6-18(17)13-19/h1-14H,15H2,(H,30,31)/b29-14-. The van der Waals surface area contributed by atoms with Gasteiger partial charge in [0.25, 0.3) is 5.91 Å². The van der Waals surface area contributed by atoms with Crippen LogP contribution in [0.1, 0.15) is 21.5 Å². The minimum Gasteiger partial charge on any atom is -0.486 e. The molecule has 32 heavy (non-hydrogen) atoms. The predicted octanol–water partition coefficient (Wildman–Crippen LogP) is 7.25. The Morgan fingerprint density at radius 3 is 2.47 bits per heavy atom. The van der Waals surface area contributed by atoms with Crippen LogP contribution in [0.3, 0.4) is 0 Å². The normalized spacial score (nSPS) is 11.1. The quantitative estimate of drug-likeness (QED) is 0.212. The van der Waals surface area contributed by atoms with Crippen molar-refractivity contribution in [2.24, 2.45) is 5.10 Å². The lowest BCUT2D eigenvalue weighted by molar-refractivity contribution is 0.0955. The molecule has 0 aromatic heterocycles. The number of rotatable bonds is 6. The van der Waals surface area contributed by atoms with E-state index in [0.29, 0.717) is 31.4 Å². The van der Waals surface area contributed by atoms with Gasteiger partial charge in [-0.25, -0.2) is 5.43 Å². The van der Waals surface area contributed by atoms with Gasteiger partial charge >= 0.3 is 0 Å². The lowest BCUT2D eigenvalue weighted by Crippen LogP contribution is -2.17. The molecule has 0 aliphatic heterocycles. The minimum absolute atomic E-state index is 0.285. The second-order valence-electron chi connectivity index (χ2n) is 6.95. The Morgan fingerprint density at radius 1 is 0.938 bits per heavy atom. The third kappa shape index (κ3) is 5.30. The van der Waals surface area contributed by atoms with Crippen LogP contribution in [-0.4, -0.2) is 12.1 Å². The van der Waals surface area contributed by atoms with Crippen LogP contribution < -0.4 is 10.2 Å². The number of fused-ring (bicyclic) bond motifs is 1. The van der Waals surface area contributed by atoms with Crippen molar-refractivity contribution >= 4 is 62.0 Å². The second kappa shape index (κ2) is 10.2. The third-order valence-electron chi connectivity index (χ3n) is 4.74. The van der Waals surface area contributed by atoms with E-state index in [-0.39, 0.29) is 12.5 Å². The fraction of sp³-hybridized carbons (Fsp3) is 0.0400. The summed E-state index contributed by atoms with van der Waals surface area (Å²) < 4.78 is 6.51. The molecule has 0 aliphatic rings. The Bertz CT molecular complexity index is 1300. The van der Waals surface area contributed by atoms with Gasteiger partial charge < -0.3 is 4.74 Å². The molecule has 0 fully saturated rings. The summed E-state index contributed by atoms with van der Waals surface area (Å²) in [6.07, 6.45) is 1.52. The molecule has 0 spiro atoms. The number of carbonyl (C=O) groups excluding carboxylic acids is 1. The van der Waals surface area contributed by atoms with Gasteiger partial charge in [0.1, 0.15) is 6.61 Å². The summed E-state index contributed by atoms with van der Waals surface area (Å²) in [7, 11) is 0. The molecule has 4 aromatic carbocycles. The number of hydrogen-bond acceptors (Lipinski definition) is 3. The van der Waals surface area contributed by atoms with E-state index in [0.717, 1.165) is 16.3 Å². The average molecular weight is 528 g/mol. The number of hydrogen-bond donors (Lipinski definition) is 1. The molecule has 0 aliphatic carbocycles. The first-order chi connectivity index (χ1) is 15.5.